The molecule has 0 radical (unpaired) electrons. The summed E-state index contributed by atoms with van der Waals surface area (Å²) >= 11 is 0. The zero-order valence-corrected chi connectivity index (χ0v) is 13.0. The number of aromatic nitrogens is 2. The summed E-state index contributed by atoms with van der Waals surface area (Å²) in [4.78, 5) is 16.0. The molecule has 1 aromatic carbocycles. The predicted octanol–water partition coefficient (Wildman–Crippen LogP) is 2.07. The largest absolute Gasteiger partial charge is 0.399 e. The third-order valence-corrected chi connectivity index (χ3v) is 3.28. The summed E-state index contributed by atoms with van der Waals surface area (Å²) in [6.45, 7) is 4.60. The Morgan fingerprint density at radius 2 is 2.00 bits per heavy atom. The number of aryl methyl sites for hydroxylation is 1. The first-order valence-corrected chi connectivity index (χ1v) is 7.48. The quantitative estimate of drug-likeness (QED) is 0.764. The third-order valence-electron chi connectivity index (χ3n) is 3.28. The molecule has 0 bridgehead atoms. The van der Waals surface area contributed by atoms with Gasteiger partial charge in [0, 0.05) is 31.0 Å². The highest BCUT2D eigenvalue weighted by Crippen LogP contribution is 2.10. The van der Waals surface area contributed by atoms with E-state index in [1.54, 1.807) is 0 Å². The highest BCUT2D eigenvalue weighted by Gasteiger charge is 2.11. The van der Waals surface area contributed by atoms with Gasteiger partial charge in [0.05, 0.1) is 0 Å². The molecule has 118 valence electrons. The summed E-state index contributed by atoms with van der Waals surface area (Å²) < 4.78 is 5.11. The van der Waals surface area contributed by atoms with Crippen LogP contribution in [0.15, 0.2) is 28.8 Å². The van der Waals surface area contributed by atoms with Crippen molar-refractivity contribution in [3.8, 4) is 0 Å². The van der Waals surface area contributed by atoms with Crippen molar-refractivity contribution >= 4 is 11.6 Å². The van der Waals surface area contributed by atoms with Gasteiger partial charge in [-0.2, -0.15) is 4.98 Å². The number of benzene rings is 1. The van der Waals surface area contributed by atoms with Gasteiger partial charge >= 0.3 is 0 Å². The van der Waals surface area contributed by atoms with Crippen LogP contribution in [0.4, 0.5) is 5.69 Å². The average Bonchev–Trinajstić information content (AvgIpc) is 2.96. The summed E-state index contributed by atoms with van der Waals surface area (Å²) in [6, 6.07) is 7.65. The first kappa shape index (κ1) is 16.0. The Morgan fingerprint density at radius 1 is 1.27 bits per heavy atom. The lowest BCUT2D eigenvalue weighted by molar-refractivity contribution is -0.121. The fourth-order valence-electron chi connectivity index (χ4n) is 1.94. The van der Waals surface area contributed by atoms with Crippen molar-refractivity contribution in [3.05, 3.63) is 41.5 Å². The molecule has 0 aliphatic heterocycles. The number of nitrogens with two attached hydrogens (primary N) is 1. The number of rotatable bonds is 7. The number of hydrogen-bond donors (Lipinski definition) is 2. The van der Waals surface area contributed by atoms with E-state index in [1.807, 2.05) is 38.1 Å². The summed E-state index contributed by atoms with van der Waals surface area (Å²) in [5, 5.41) is 6.76. The van der Waals surface area contributed by atoms with Gasteiger partial charge < -0.3 is 15.6 Å². The van der Waals surface area contributed by atoms with Gasteiger partial charge in [0.25, 0.3) is 0 Å². The zero-order valence-electron chi connectivity index (χ0n) is 13.0. The van der Waals surface area contributed by atoms with Crippen LogP contribution in [-0.4, -0.2) is 22.6 Å². The molecule has 6 heteroatoms. The van der Waals surface area contributed by atoms with Crippen molar-refractivity contribution in [1.82, 2.24) is 15.5 Å². The SMILES string of the molecule is CC(C)c1noc(CCC(=O)NCCc2ccc(N)cc2)n1. The Balaban J connectivity index is 1.68. The van der Waals surface area contributed by atoms with Gasteiger partial charge in [0.2, 0.25) is 11.8 Å². The molecule has 0 saturated carbocycles. The van der Waals surface area contributed by atoms with Crippen LogP contribution < -0.4 is 11.1 Å². The van der Waals surface area contributed by atoms with E-state index in [9.17, 15) is 4.79 Å². The van der Waals surface area contributed by atoms with Gasteiger partial charge in [-0.1, -0.05) is 31.1 Å². The third kappa shape index (κ3) is 4.87. The molecule has 3 N–H and O–H groups in total. The van der Waals surface area contributed by atoms with Gasteiger partial charge in [-0.15, -0.1) is 0 Å². The van der Waals surface area contributed by atoms with E-state index in [1.165, 1.54) is 0 Å². The highest BCUT2D eigenvalue weighted by molar-refractivity contribution is 5.76. The van der Waals surface area contributed by atoms with Crippen LogP contribution in [0.2, 0.25) is 0 Å². The fourth-order valence-corrected chi connectivity index (χ4v) is 1.94. The van der Waals surface area contributed by atoms with Crippen molar-refractivity contribution in [3.63, 3.8) is 0 Å². The van der Waals surface area contributed by atoms with E-state index >= 15 is 0 Å². The molecule has 1 amide bonds. The molecular formula is C16H22N4O2. The van der Waals surface area contributed by atoms with Crippen LogP contribution >= 0.6 is 0 Å². The van der Waals surface area contributed by atoms with Crippen LogP contribution in [0.1, 0.15) is 43.5 Å². The maximum atomic E-state index is 11.8. The minimum atomic E-state index is -0.0141. The smallest absolute Gasteiger partial charge is 0.227 e. The second-order valence-corrected chi connectivity index (χ2v) is 5.54. The topological polar surface area (TPSA) is 94.0 Å². The van der Waals surface area contributed by atoms with Crippen molar-refractivity contribution in [2.45, 2.75) is 39.0 Å². The van der Waals surface area contributed by atoms with Crippen LogP contribution in [0.25, 0.3) is 0 Å². The molecule has 0 fully saturated rings. The molecule has 2 aromatic rings. The number of hydrogen-bond acceptors (Lipinski definition) is 5. The van der Waals surface area contributed by atoms with Crippen molar-refractivity contribution < 1.29 is 9.32 Å². The van der Waals surface area contributed by atoms with Crippen molar-refractivity contribution in [2.24, 2.45) is 0 Å². The maximum Gasteiger partial charge on any atom is 0.227 e. The Labute approximate surface area is 130 Å². The molecule has 0 saturated heterocycles. The average molecular weight is 302 g/mol. The number of carbonyl (C=O) groups excluding carboxylic acids is 1. The van der Waals surface area contributed by atoms with Gasteiger partial charge in [0.15, 0.2) is 5.82 Å². The Morgan fingerprint density at radius 3 is 2.64 bits per heavy atom. The highest BCUT2D eigenvalue weighted by atomic mass is 16.5. The summed E-state index contributed by atoms with van der Waals surface area (Å²) in [5.74, 6) is 1.40. The molecule has 0 aliphatic carbocycles. The molecule has 0 aliphatic rings. The second kappa shape index (κ2) is 7.59. The van der Waals surface area contributed by atoms with E-state index < -0.39 is 0 Å². The maximum absolute atomic E-state index is 11.8. The van der Waals surface area contributed by atoms with Gasteiger partial charge in [-0.3, -0.25) is 4.79 Å². The lowest BCUT2D eigenvalue weighted by Gasteiger charge is -2.04. The predicted molar refractivity (Wildman–Crippen MR) is 84.3 cm³/mol. The van der Waals surface area contributed by atoms with Gasteiger partial charge in [-0.05, 0) is 24.1 Å². The second-order valence-electron chi connectivity index (χ2n) is 5.54. The first-order valence-electron chi connectivity index (χ1n) is 7.48. The van der Waals surface area contributed by atoms with E-state index in [0.29, 0.717) is 31.1 Å². The summed E-state index contributed by atoms with van der Waals surface area (Å²) in [7, 11) is 0. The normalized spacial score (nSPS) is 10.9. The van der Waals surface area contributed by atoms with E-state index in [2.05, 4.69) is 15.5 Å². The molecule has 1 heterocycles. The molecule has 0 atom stereocenters. The summed E-state index contributed by atoms with van der Waals surface area (Å²) in [6.07, 6.45) is 1.60. The minimum Gasteiger partial charge on any atom is -0.399 e. The molecule has 6 nitrogen and oxygen atoms in total. The number of anilines is 1. The summed E-state index contributed by atoms with van der Waals surface area (Å²) in [5.41, 5.74) is 7.52. The number of amides is 1. The van der Waals surface area contributed by atoms with E-state index in [0.717, 1.165) is 17.7 Å². The molecular weight excluding hydrogens is 280 g/mol. The molecule has 22 heavy (non-hydrogen) atoms. The van der Waals surface area contributed by atoms with Crippen molar-refractivity contribution in [1.29, 1.82) is 0 Å². The van der Waals surface area contributed by atoms with Gasteiger partial charge in [0.1, 0.15) is 0 Å². The number of nitrogens with one attached hydrogen (secondary N) is 1. The van der Waals surface area contributed by atoms with E-state index in [4.69, 9.17) is 10.3 Å². The lowest BCUT2D eigenvalue weighted by Crippen LogP contribution is -2.25. The van der Waals surface area contributed by atoms with Gasteiger partial charge in [-0.25, -0.2) is 0 Å². The van der Waals surface area contributed by atoms with Crippen molar-refractivity contribution in [2.75, 3.05) is 12.3 Å². The van der Waals surface area contributed by atoms with Crippen LogP contribution in [-0.2, 0) is 17.6 Å². The first-order chi connectivity index (χ1) is 10.5. The Hall–Kier alpha value is -2.37. The Kier molecular flexibility index (Phi) is 5.52. The van der Waals surface area contributed by atoms with E-state index in [-0.39, 0.29) is 11.8 Å². The van der Waals surface area contributed by atoms with Crippen LogP contribution in [0.5, 0.6) is 0 Å². The zero-order chi connectivity index (χ0) is 15.9. The molecule has 2 rings (SSSR count). The Bertz CT molecular complexity index is 605. The monoisotopic (exact) mass is 302 g/mol. The fraction of sp³-hybridized carbons (Fsp3) is 0.438. The van der Waals surface area contributed by atoms with Crippen LogP contribution in [0, 0.1) is 0 Å². The number of nitrogen functional groups attached to an aromatic ring is 1. The number of carbonyl (C=O) groups is 1. The minimum absolute atomic E-state index is 0.0141. The molecule has 0 spiro atoms. The standard InChI is InChI=1S/C16H22N4O2/c1-11(2)16-19-15(22-20-16)8-7-14(21)18-10-9-12-3-5-13(17)6-4-12/h3-6,11H,7-10,17H2,1-2H3,(H,18,21). The lowest BCUT2D eigenvalue weighted by atomic mass is 10.1. The molecule has 0 unspecified atom stereocenters. The number of nitrogens with zero attached hydrogens (tertiary/aromatic N) is 2. The van der Waals surface area contributed by atoms with Crippen LogP contribution in [0.3, 0.4) is 0 Å². The molecule has 1 aromatic heterocycles.